The monoisotopic (exact) mass is 283 g/mol. The van der Waals surface area contributed by atoms with Crippen molar-refractivity contribution in [1.29, 1.82) is 10.5 Å². The fourth-order valence-corrected chi connectivity index (χ4v) is 1.71. The molecule has 106 valence electrons. The maximum absolute atomic E-state index is 8.97. The Kier molecular flexibility index (Phi) is 4.73. The summed E-state index contributed by atoms with van der Waals surface area (Å²) in [7, 11) is 0. The van der Waals surface area contributed by atoms with E-state index in [9.17, 15) is 0 Å². The minimum Gasteiger partial charge on any atom is -0.494 e. The van der Waals surface area contributed by atoms with Crippen molar-refractivity contribution in [2.24, 2.45) is 0 Å². The first-order valence-corrected chi connectivity index (χ1v) is 6.33. The fourth-order valence-electron chi connectivity index (χ4n) is 1.71. The molecular weight excluding hydrogens is 270 g/mol. The van der Waals surface area contributed by atoms with Crippen LogP contribution in [-0.4, -0.2) is 21.6 Å². The first-order chi connectivity index (χ1) is 10.3. The van der Waals surface area contributed by atoms with Crippen molar-refractivity contribution in [2.75, 3.05) is 6.61 Å². The molecule has 0 radical (unpaired) electrons. The highest BCUT2D eigenvalue weighted by atomic mass is 16.5. The van der Waals surface area contributed by atoms with E-state index in [0.717, 1.165) is 5.75 Å². The van der Waals surface area contributed by atoms with Gasteiger partial charge in [0.15, 0.2) is 5.69 Å². The number of nitrogens with zero attached hydrogens (tertiary/aromatic N) is 5. The Morgan fingerprint density at radius 3 is 2.38 bits per heavy atom. The van der Waals surface area contributed by atoms with Crippen molar-refractivity contribution in [2.45, 2.75) is 20.1 Å². The lowest BCUT2D eigenvalue weighted by Gasteiger charge is -2.08. The molecule has 2 rings (SSSR count). The third-order valence-electron chi connectivity index (χ3n) is 2.67. The lowest BCUT2D eigenvalue weighted by molar-refractivity contribution is 0.291. The number of benzene rings is 1. The Balaban J connectivity index is 2.07. The molecule has 2 aromatic rings. The van der Waals surface area contributed by atoms with Crippen molar-refractivity contribution in [3.05, 3.63) is 35.7 Å². The van der Waals surface area contributed by atoms with E-state index >= 15 is 0 Å². The lowest BCUT2D eigenvalue weighted by atomic mass is 10.3. The second kappa shape index (κ2) is 6.92. The largest absolute Gasteiger partial charge is 0.494 e. The summed E-state index contributed by atoms with van der Waals surface area (Å²) >= 11 is 0. The predicted molar refractivity (Wildman–Crippen MR) is 72.3 cm³/mol. The van der Waals surface area contributed by atoms with Gasteiger partial charge in [-0.2, -0.15) is 10.5 Å². The van der Waals surface area contributed by atoms with Gasteiger partial charge < -0.3 is 9.47 Å². The molecule has 0 unspecified atom stereocenters. The molecule has 1 aromatic carbocycles. The summed E-state index contributed by atoms with van der Waals surface area (Å²) in [4.78, 5) is 0. The molecule has 1 aromatic heterocycles. The quantitative estimate of drug-likeness (QED) is 0.799. The first-order valence-electron chi connectivity index (χ1n) is 6.33. The molecule has 1 heterocycles. The third-order valence-corrected chi connectivity index (χ3v) is 2.67. The van der Waals surface area contributed by atoms with Crippen LogP contribution in [-0.2, 0) is 13.2 Å². The summed E-state index contributed by atoms with van der Waals surface area (Å²) in [5, 5.41) is 25.1. The smallest absolute Gasteiger partial charge is 0.189 e. The van der Waals surface area contributed by atoms with Gasteiger partial charge in [-0.3, -0.25) is 0 Å². The molecule has 0 saturated carbocycles. The Bertz CT molecular complexity index is 679. The molecule has 0 fully saturated rings. The summed E-state index contributed by atoms with van der Waals surface area (Å²) in [5.74, 6) is 1.39. The summed E-state index contributed by atoms with van der Waals surface area (Å²) in [5.41, 5.74) is 0.643. The minimum atomic E-state index is 0.0245. The van der Waals surface area contributed by atoms with Crippen molar-refractivity contribution >= 4 is 0 Å². The maximum Gasteiger partial charge on any atom is 0.189 e. The second-order valence-electron chi connectivity index (χ2n) is 4.01. The van der Waals surface area contributed by atoms with E-state index < -0.39 is 0 Å². The number of hydrogen-bond acceptors (Lipinski definition) is 6. The van der Waals surface area contributed by atoms with Gasteiger partial charge in [0.2, 0.25) is 0 Å². The summed E-state index contributed by atoms with van der Waals surface area (Å²) in [6.45, 7) is 2.66. The fraction of sp³-hybridized carbons (Fsp3) is 0.286. The molecule has 0 amide bonds. The standard InChI is InChI=1S/C14H13N5O2/c1-2-20-11-3-5-12(6-4-11)21-10-14-13(9-16)17-18-19(14)8-7-15/h3-6H,2,8,10H2,1H3. The van der Waals surface area contributed by atoms with E-state index in [1.807, 2.05) is 19.1 Å². The van der Waals surface area contributed by atoms with Crippen LogP contribution >= 0.6 is 0 Å². The Morgan fingerprint density at radius 2 is 1.81 bits per heavy atom. The van der Waals surface area contributed by atoms with Crippen LogP contribution in [0.3, 0.4) is 0 Å². The zero-order chi connectivity index (χ0) is 15.1. The molecule has 7 nitrogen and oxygen atoms in total. The first kappa shape index (κ1) is 14.4. The van der Waals surface area contributed by atoms with Crippen LogP contribution in [0.25, 0.3) is 0 Å². The SMILES string of the molecule is CCOc1ccc(OCc2c(C#N)nnn2CC#N)cc1. The zero-order valence-electron chi connectivity index (χ0n) is 11.5. The molecule has 0 aliphatic carbocycles. The Hall–Kier alpha value is -3.06. The summed E-state index contributed by atoms with van der Waals surface area (Å²) in [6, 6.07) is 11.0. The van der Waals surface area contributed by atoms with Crippen molar-refractivity contribution in [1.82, 2.24) is 15.0 Å². The van der Waals surface area contributed by atoms with Crippen molar-refractivity contribution < 1.29 is 9.47 Å². The van der Waals surface area contributed by atoms with Crippen LogP contribution in [0.5, 0.6) is 11.5 Å². The highest BCUT2D eigenvalue weighted by molar-refractivity contribution is 5.32. The summed E-state index contributed by atoms with van der Waals surface area (Å²) in [6.07, 6.45) is 0. The number of nitriles is 2. The van der Waals surface area contributed by atoms with Crippen molar-refractivity contribution in [3.8, 4) is 23.6 Å². The molecule has 7 heteroatoms. The van der Waals surface area contributed by atoms with E-state index in [1.54, 1.807) is 24.3 Å². The van der Waals surface area contributed by atoms with Crippen LogP contribution < -0.4 is 9.47 Å². The van der Waals surface area contributed by atoms with Crippen molar-refractivity contribution in [3.63, 3.8) is 0 Å². The molecule has 0 aliphatic rings. The van der Waals surface area contributed by atoms with Gasteiger partial charge >= 0.3 is 0 Å². The number of hydrogen-bond donors (Lipinski definition) is 0. The van der Waals surface area contributed by atoms with Gasteiger partial charge in [-0.15, -0.1) is 5.10 Å². The number of ether oxygens (including phenoxy) is 2. The van der Waals surface area contributed by atoms with E-state index in [4.69, 9.17) is 20.0 Å². The minimum absolute atomic E-state index is 0.0245. The van der Waals surface area contributed by atoms with Gasteiger partial charge in [-0.1, -0.05) is 5.21 Å². The van der Waals surface area contributed by atoms with E-state index in [0.29, 0.717) is 18.1 Å². The summed E-state index contributed by atoms with van der Waals surface area (Å²) < 4.78 is 12.3. The van der Waals surface area contributed by atoms with Crippen LogP contribution in [0.15, 0.2) is 24.3 Å². The molecule has 0 spiro atoms. The van der Waals surface area contributed by atoms with E-state index in [-0.39, 0.29) is 18.8 Å². The topological polar surface area (TPSA) is 96.8 Å². The molecule has 21 heavy (non-hydrogen) atoms. The zero-order valence-corrected chi connectivity index (χ0v) is 11.5. The predicted octanol–water partition coefficient (Wildman–Crippen LogP) is 1.65. The van der Waals surface area contributed by atoms with Gasteiger partial charge in [0.1, 0.15) is 36.4 Å². The lowest BCUT2D eigenvalue weighted by Crippen LogP contribution is -2.08. The molecule has 0 N–H and O–H groups in total. The highest BCUT2D eigenvalue weighted by Crippen LogP contribution is 2.19. The van der Waals surface area contributed by atoms with Gasteiger partial charge in [0.05, 0.1) is 12.7 Å². The molecular formula is C14H13N5O2. The maximum atomic E-state index is 8.97. The van der Waals surface area contributed by atoms with E-state index in [1.165, 1.54) is 4.68 Å². The number of rotatable bonds is 6. The van der Waals surface area contributed by atoms with Gasteiger partial charge in [0.25, 0.3) is 0 Å². The van der Waals surface area contributed by atoms with Gasteiger partial charge in [0, 0.05) is 0 Å². The average Bonchev–Trinajstić information content (AvgIpc) is 2.89. The van der Waals surface area contributed by atoms with Crippen LogP contribution in [0.4, 0.5) is 0 Å². The third kappa shape index (κ3) is 3.48. The highest BCUT2D eigenvalue weighted by Gasteiger charge is 2.13. The van der Waals surface area contributed by atoms with Crippen LogP contribution in [0, 0.1) is 22.7 Å². The molecule has 0 atom stereocenters. The second-order valence-corrected chi connectivity index (χ2v) is 4.01. The normalized spacial score (nSPS) is 9.67. The number of aromatic nitrogens is 3. The van der Waals surface area contributed by atoms with Gasteiger partial charge in [-0.25, -0.2) is 4.68 Å². The molecule has 0 aliphatic heterocycles. The average molecular weight is 283 g/mol. The van der Waals surface area contributed by atoms with Crippen LogP contribution in [0.2, 0.25) is 0 Å². The Labute approximate surface area is 121 Å². The van der Waals surface area contributed by atoms with Gasteiger partial charge in [-0.05, 0) is 31.2 Å². The van der Waals surface area contributed by atoms with E-state index in [2.05, 4.69) is 10.3 Å². The molecule has 0 bridgehead atoms. The Morgan fingerprint density at radius 1 is 1.14 bits per heavy atom. The van der Waals surface area contributed by atoms with Crippen LogP contribution in [0.1, 0.15) is 18.3 Å². The molecule has 0 saturated heterocycles.